The molecule has 3 aromatic rings. The number of fused-ring (bicyclic) bond motifs is 1. The fourth-order valence-corrected chi connectivity index (χ4v) is 2.79. The fraction of sp³-hybridized carbons (Fsp3) is 0.261. The summed E-state index contributed by atoms with van der Waals surface area (Å²) < 4.78 is 6.18. The van der Waals surface area contributed by atoms with Crippen molar-refractivity contribution in [3.63, 3.8) is 0 Å². The van der Waals surface area contributed by atoms with E-state index in [1.54, 1.807) is 17.8 Å². The molecule has 0 aliphatic carbocycles. The van der Waals surface area contributed by atoms with Gasteiger partial charge >= 0.3 is 11.9 Å². The first-order valence-electron chi connectivity index (χ1n) is 9.82. The van der Waals surface area contributed by atoms with E-state index in [2.05, 4.69) is 63.6 Å². The number of benzene rings is 2. The third-order valence-corrected chi connectivity index (χ3v) is 4.28. The van der Waals surface area contributed by atoms with Crippen molar-refractivity contribution >= 4 is 34.4 Å². The first kappa shape index (κ1) is 24.3. The lowest BCUT2D eigenvalue weighted by Crippen LogP contribution is -2.44. The van der Waals surface area contributed by atoms with Crippen LogP contribution in [0, 0.1) is 0 Å². The molecule has 1 unspecified atom stereocenters. The number of aryl methyl sites for hydroxylation is 1. The molecule has 1 heterocycles. The maximum Gasteiger partial charge on any atom is 0.305 e. The van der Waals surface area contributed by atoms with Crippen LogP contribution < -0.4 is 5.32 Å². The number of carboxylic acid groups (broad SMARTS) is 1. The topological polar surface area (TPSA) is 128 Å². The van der Waals surface area contributed by atoms with Gasteiger partial charge in [-0.2, -0.15) is 0 Å². The summed E-state index contributed by atoms with van der Waals surface area (Å²) in [6, 6.07) is 15.5. The van der Waals surface area contributed by atoms with Crippen molar-refractivity contribution in [1.82, 2.24) is 14.9 Å². The minimum atomic E-state index is -1.26. The lowest BCUT2D eigenvalue weighted by atomic mass is 10.1. The number of esters is 1. The van der Waals surface area contributed by atoms with Crippen molar-refractivity contribution in [2.75, 3.05) is 6.61 Å². The molecular weight excluding hydrogens is 414 g/mol. The van der Waals surface area contributed by atoms with E-state index in [4.69, 9.17) is 5.11 Å². The monoisotopic (exact) mass is 439 g/mol. The predicted molar refractivity (Wildman–Crippen MR) is 117 cm³/mol. The van der Waals surface area contributed by atoms with Crippen molar-refractivity contribution < 1.29 is 29.0 Å². The van der Waals surface area contributed by atoms with Gasteiger partial charge in [0.05, 0.1) is 24.9 Å². The van der Waals surface area contributed by atoms with Gasteiger partial charge in [-0.1, -0.05) is 48.5 Å². The lowest BCUT2D eigenvalue weighted by molar-refractivity contribution is -0.147. The third kappa shape index (κ3) is 8.39. The van der Waals surface area contributed by atoms with Gasteiger partial charge in [0.15, 0.2) is 12.4 Å². The number of nitrogens with zero attached hydrogens (tertiary/aromatic N) is 2. The second-order valence-electron chi connectivity index (χ2n) is 7.02. The van der Waals surface area contributed by atoms with Gasteiger partial charge in [0, 0.05) is 20.2 Å². The number of ether oxygens (including phenoxy) is 1. The number of imidazole rings is 1. The number of hydrogen-bond acceptors (Lipinski definition) is 6. The lowest BCUT2D eigenvalue weighted by Gasteiger charge is -2.15. The molecule has 1 amide bonds. The number of rotatable bonds is 8. The van der Waals surface area contributed by atoms with Crippen LogP contribution in [0.5, 0.6) is 0 Å². The van der Waals surface area contributed by atoms with Gasteiger partial charge in [-0.15, -0.1) is 0 Å². The summed E-state index contributed by atoms with van der Waals surface area (Å²) >= 11 is 0. The van der Waals surface area contributed by atoms with Crippen LogP contribution >= 0.6 is 0 Å². The summed E-state index contributed by atoms with van der Waals surface area (Å²) in [6.45, 7) is 0.538. The second-order valence-corrected chi connectivity index (χ2v) is 7.02. The SMILES string of the molecule is CC(=O)OCC(=O)C(CC(=O)O)NC(=O)Cc1cn(C)cn1.c1ccc2ccccc2c1. The highest BCUT2D eigenvalue weighted by atomic mass is 16.5. The van der Waals surface area contributed by atoms with Crippen LogP contribution in [-0.4, -0.2) is 50.9 Å². The number of carboxylic acids is 1. The standard InChI is InChI=1S/C13H17N3O6.C10H8/c1-8(17)22-6-11(18)10(4-13(20)21)15-12(19)3-9-5-16(2)7-14-9;1-2-6-10-8-4-3-7-9(10)5-1/h5,7,10H,3-4,6H2,1-2H3,(H,15,19)(H,20,21);1-8H. The van der Waals surface area contributed by atoms with E-state index >= 15 is 0 Å². The number of carbonyl (C=O) groups excluding carboxylic acids is 3. The zero-order valence-corrected chi connectivity index (χ0v) is 17.9. The number of ketones is 1. The molecule has 0 radical (unpaired) electrons. The fourth-order valence-electron chi connectivity index (χ4n) is 2.79. The smallest absolute Gasteiger partial charge is 0.305 e. The van der Waals surface area contributed by atoms with Crippen molar-refractivity contribution in [2.45, 2.75) is 25.8 Å². The number of amides is 1. The Morgan fingerprint density at radius 2 is 1.62 bits per heavy atom. The van der Waals surface area contributed by atoms with Gasteiger partial charge in [0.2, 0.25) is 5.91 Å². The zero-order chi connectivity index (χ0) is 23.5. The molecule has 0 saturated heterocycles. The minimum absolute atomic E-state index is 0.0855. The van der Waals surface area contributed by atoms with E-state index < -0.39 is 42.7 Å². The number of aliphatic carboxylic acids is 1. The second kappa shape index (κ2) is 12.0. The third-order valence-electron chi connectivity index (χ3n) is 4.28. The van der Waals surface area contributed by atoms with Crippen molar-refractivity contribution in [1.29, 1.82) is 0 Å². The molecule has 2 aromatic carbocycles. The number of carbonyl (C=O) groups is 4. The van der Waals surface area contributed by atoms with Gasteiger partial charge in [-0.3, -0.25) is 19.2 Å². The van der Waals surface area contributed by atoms with Gasteiger partial charge in [0.25, 0.3) is 0 Å². The van der Waals surface area contributed by atoms with Crippen molar-refractivity contribution in [3.05, 3.63) is 66.7 Å². The Bertz CT molecular complexity index is 1030. The molecule has 3 rings (SSSR count). The predicted octanol–water partition coefficient (Wildman–Crippen LogP) is 1.89. The summed E-state index contributed by atoms with van der Waals surface area (Å²) in [5.41, 5.74) is 0.488. The maximum atomic E-state index is 11.8. The molecule has 32 heavy (non-hydrogen) atoms. The van der Waals surface area contributed by atoms with Crippen LogP contribution in [0.1, 0.15) is 19.0 Å². The molecule has 9 nitrogen and oxygen atoms in total. The Morgan fingerprint density at radius 1 is 1.06 bits per heavy atom. The van der Waals surface area contributed by atoms with Crippen LogP contribution in [0.4, 0.5) is 0 Å². The average Bonchev–Trinajstić information content (AvgIpc) is 3.16. The normalized spacial score (nSPS) is 11.1. The summed E-state index contributed by atoms with van der Waals surface area (Å²) in [5.74, 6) is -3.14. The first-order valence-corrected chi connectivity index (χ1v) is 9.82. The Hall–Kier alpha value is -4.01. The van der Waals surface area contributed by atoms with Gasteiger partial charge in [-0.25, -0.2) is 4.98 Å². The van der Waals surface area contributed by atoms with Crippen LogP contribution in [0.15, 0.2) is 61.1 Å². The average molecular weight is 439 g/mol. The van der Waals surface area contributed by atoms with E-state index in [0.29, 0.717) is 5.69 Å². The van der Waals surface area contributed by atoms with Gasteiger partial charge < -0.3 is 19.7 Å². The highest BCUT2D eigenvalue weighted by Gasteiger charge is 2.24. The van der Waals surface area contributed by atoms with E-state index in [1.165, 1.54) is 17.1 Å². The van der Waals surface area contributed by atoms with E-state index in [-0.39, 0.29) is 6.42 Å². The summed E-state index contributed by atoms with van der Waals surface area (Å²) in [4.78, 5) is 49.0. The molecule has 168 valence electrons. The Balaban J connectivity index is 0.000000297. The Labute approximate surface area is 185 Å². The Morgan fingerprint density at radius 3 is 2.06 bits per heavy atom. The van der Waals surface area contributed by atoms with Crippen molar-refractivity contribution in [2.24, 2.45) is 7.05 Å². The molecule has 0 saturated carbocycles. The molecule has 0 spiro atoms. The molecule has 1 atom stereocenters. The highest BCUT2D eigenvalue weighted by Crippen LogP contribution is 2.11. The zero-order valence-electron chi connectivity index (χ0n) is 17.9. The summed E-state index contributed by atoms with van der Waals surface area (Å²) in [6.07, 6.45) is 2.47. The van der Waals surface area contributed by atoms with Crippen LogP contribution in [-0.2, 0) is 37.4 Å². The molecule has 9 heteroatoms. The minimum Gasteiger partial charge on any atom is -0.481 e. The number of aromatic nitrogens is 2. The molecule has 0 aliphatic heterocycles. The summed E-state index contributed by atoms with van der Waals surface area (Å²) in [7, 11) is 1.74. The van der Waals surface area contributed by atoms with Crippen LogP contribution in [0.3, 0.4) is 0 Å². The molecule has 0 bridgehead atoms. The van der Waals surface area contributed by atoms with E-state index in [0.717, 1.165) is 6.92 Å². The van der Waals surface area contributed by atoms with Gasteiger partial charge in [0.1, 0.15) is 6.04 Å². The summed E-state index contributed by atoms with van der Waals surface area (Å²) in [5, 5.41) is 13.7. The van der Waals surface area contributed by atoms with E-state index in [1.807, 2.05) is 0 Å². The largest absolute Gasteiger partial charge is 0.481 e. The molecule has 0 fully saturated rings. The molecule has 2 N–H and O–H groups in total. The van der Waals surface area contributed by atoms with Gasteiger partial charge in [-0.05, 0) is 10.8 Å². The Kier molecular flexibility index (Phi) is 9.09. The highest BCUT2D eigenvalue weighted by molar-refractivity contribution is 5.93. The molecule has 1 aromatic heterocycles. The van der Waals surface area contributed by atoms with Crippen LogP contribution in [0.2, 0.25) is 0 Å². The quantitative estimate of drug-likeness (QED) is 0.513. The molecule has 0 aliphatic rings. The number of Topliss-reactive ketones (excluding diaryl/α,β-unsaturated/α-hetero) is 1. The number of hydrogen-bond donors (Lipinski definition) is 2. The van der Waals surface area contributed by atoms with Crippen molar-refractivity contribution in [3.8, 4) is 0 Å². The maximum absolute atomic E-state index is 11.8. The van der Waals surface area contributed by atoms with Crippen LogP contribution in [0.25, 0.3) is 10.8 Å². The number of nitrogens with one attached hydrogen (secondary N) is 1. The molecular formula is C23H25N3O6. The van der Waals surface area contributed by atoms with E-state index in [9.17, 15) is 19.2 Å². The first-order chi connectivity index (χ1) is 15.2.